The first-order valence-electron chi connectivity index (χ1n) is 10.6. The van der Waals surface area contributed by atoms with Gasteiger partial charge in [0.1, 0.15) is 18.8 Å². The van der Waals surface area contributed by atoms with Gasteiger partial charge in [-0.2, -0.15) is 0 Å². The van der Waals surface area contributed by atoms with Crippen molar-refractivity contribution < 1.29 is 23.9 Å². The maximum atomic E-state index is 13.5. The Morgan fingerprint density at radius 1 is 1.19 bits per heavy atom. The molecule has 170 valence electrons. The zero-order valence-corrected chi connectivity index (χ0v) is 19.1. The number of nitrogens with one attached hydrogen (secondary N) is 1. The molecule has 0 aromatic heterocycles. The first-order valence-corrected chi connectivity index (χ1v) is 10.9. The number of hydrogen-bond donors (Lipinski definition) is 1. The van der Waals surface area contributed by atoms with Gasteiger partial charge in [-0.25, -0.2) is 0 Å². The Bertz CT molecular complexity index is 980. The van der Waals surface area contributed by atoms with Crippen LogP contribution in [0.25, 0.3) is 0 Å². The Morgan fingerprint density at radius 2 is 1.91 bits per heavy atom. The molecule has 0 fully saturated rings. The van der Waals surface area contributed by atoms with Gasteiger partial charge in [-0.05, 0) is 44.5 Å². The van der Waals surface area contributed by atoms with E-state index >= 15 is 0 Å². The Balaban J connectivity index is 1.95. The number of anilines is 1. The van der Waals surface area contributed by atoms with Crippen LogP contribution in [0.4, 0.5) is 5.69 Å². The molecule has 1 heterocycles. The Kier molecular flexibility index (Phi) is 7.88. The first kappa shape index (κ1) is 23.8. The van der Waals surface area contributed by atoms with Crippen LogP contribution in [0.1, 0.15) is 44.4 Å². The number of amides is 2. The molecule has 0 saturated heterocycles. The molecule has 0 saturated carbocycles. The second-order valence-electron chi connectivity index (χ2n) is 7.71. The number of carbonyl (C=O) groups is 3. The van der Waals surface area contributed by atoms with Crippen molar-refractivity contribution in [3.05, 3.63) is 64.7 Å². The van der Waals surface area contributed by atoms with Gasteiger partial charge in [0.15, 0.2) is 0 Å². The molecule has 1 N–H and O–H groups in total. The molecular weight excluding hydrogens is 432 g/mol. The molecule has 0 spiro atoms. The van der Waals surface area contributed by atoms with E-state index in [2.05, 4.69) is 5.32 Å². The lowest BCUT2D eigenvalue weighted by atomic mass is 9.99. The van der Waals surface area contributed by atoms with Crippen LogP contribution in [0.5, 0.6) is 0 Å². The van der Waals surface area contributed by atoms with E-state index in [-0.39, 0.29) is 31.5 Å². The number of fused-ring (bicyclic) bond motifs is 1. The number of ether oxygens (including phenoxy) is 2. The van der Waals surface area contributed by atoms with Gasteiger partial charge < -0.3 is 19.7 Å². The van der Waals surface area contributed by atoms with Gasteiger partial charge in [0.2, 0.25) is 5.91 Å². The molecule has 32 heavy (non-hydrogen) atoms. The summed E-state index contributed by atoms with van der Waals surface area (Å²) in [4.78, 5) is 39.2. The lowest BCUT2D eigenvalue weighted by Gasteiger charge is -2.28. The van der Waals surface area contributed by atoms with Crippen LogP contribution in [0.15, 0.2) is 48.5 Å². The second-order valence-corrected chi connectivity index (χ2v) is 8.14. The molecule has 0 aliphatic carbocycles. The van der Waals surface area contributed by atoms with Gasteiger partial charge in [0, 0.05) is 16.6 Å². The van der Waals surface area contributed by atoms with Gasteiger partial charge in [-0.3, -0.25) is 14.4 Å². The van der Waals surface area contributed by atoms with Crippen LogP contribution >= 0.6 is 11.6 Å². The summed E-state index contributed by atoms with van der Waals surface area (Å²) >= 11 is 6.30. The summed E-state index contributed by atoms with van der Waals surface area (Å²) in [6.07, 6.45) is -1.87. The molecule has 7 nitrogen and oxygen atoms in total. The molecular formula is C24H27ClN2O5. The van der Waals surface area contributed by atoms with Crippen LogP contribution < -0.4 is 10.2 Å². The quantitative estimate of drug-likeness (QED) is 0.640. The molecule has 3 rings (SSSR count). The van der Waals surface area contributed by atoms with Gasteiger partial charge in [0.05, 0.1) is 18.7 Å². The zero-order valence-electron chi connectivity index (χ0n) is 18.3. The molecule has 2 aromatic rings. The van der Waals surface area contributed by atoms with E-state index in [0.29, 0.717) is 10.7 Å². The molecule has 1 aliphatic heterocycles. The monoisotopic (exact) mass is 458 g/mol. The minimum atomic E-state index is -1.05. The summed E-state index contributed by atoms with van der Waals surface area (Å²) in [5.41, 5.74) is 2.28. The highest BCUT2D eigenvalue weighted by Crippen LogP contribution is 2.40. The third-order valence-corrected chi connectivity index (χ3v) is 5.30. The number of halogens is 1. The van der Waals surface area contributed by atoms with Gasteiger partial charge in [-0.15, -0.1) is 0 Å². The van der Waals surface area contributed by atoms with Crippen molar-refractivity contribution in [1.29, 1.82) is 0 Å². The predicted octanol–water partition coefficient (Wildman–Crippen LogP) is 3.64. The standard InChI is InChI=1S/C24H27ClN2O5/c1-4-31-22(29)14-26-21(28)13-20-24(30)27(15(2)3)19-11-10-17(25)12-18(19)23(32-20)16-8-6-5-7-9-16/h5-12,15,20,23H,4,13-14H2,1-3H3,(H,26,28). The normalized spacial score (nSPS) is 18.2. The molecule has 2 aromatic carbocycles. The minimum absolute atomic E-state index is 0.175. The van der Waals surface area contributed by atoms with E-state index in [9.17, 15) is 14.4 Å². The van der Waals surface area contributed by atoms with E-state index in [4.69, 9.17) is 21.1 Å². The lowest BCUT2D eigenvalue weighted by molar-refractivity contribution is -0.144. The third-order valence-electron chi connectivity index (χ3n) is 5.07. The molecule has 8 heteroatoms. The average molecular weight is 459 g/mol. The van der Waals surface area contributed by atoms with Crippen LogP contribution in [0.2, 0.25) is 5.02 Å². The number of benzene rings is 2. The fraction of sp³-hybridized carbons (Fsp3) is 0.375. The topological polar surface area (TPSA) is 84.9 Å². The molecule has 0 bridgehead atoms. The summed E-state index contributed by atoms with van der Waals surface area (Å²) in [6.45, 7) is 5.45. The molecule has 2 unspecified atom stereocenters. The van der Waals surface area contributed by atoms with Crippen molar-refractivity contribution >= 4 is 35.1 Å². The van der Waals surface area contributed by atoms with Gasteiger partial charge in [0.25, 0.3) is 5.91 Å². The molecule has 0 radical (unpaired) electrons. The van der Waals surface area contributed by atoms with Crippen LogP contribution in [0.3, 0.4) is 0 Å². The van der Waals surface area contributed by atoms with Crippen LogP contribution in [-0.2, 0) is 23.9 Å². The van der Waals surface area contributed by atoms with Gasteiger partial charge >= 0.3 is 5.97 Å². The number of rotatable bonds is 7. The third kappa shape index (κ3) is 5.47. The van der Waals surface area contributed by atoms with Crippen molar-refractivity contribution in [2.45, 2.75) is 45.4 Å². The highest BCUT2D eigenvalue weighted by molar-refractivity contribution is 6.30. The summed E-state index contributed by atoms with van der Waals surface area (Å²) in [6, 6.07) is 14.6. The highest BCUT2D eigenvalue weighted by atomic mass is 35.5. The van der Waals surface area contributed by atoms with E-state index in [0.717, 1.165) is 11.1 Å². The van der Waals surface area contributed by atoms with E-state index in [1.165, 1.54) is 0 Å². The summed E-state index contributed by atoms with van der Waals surface area (Å²) in [5, 5.41) is 3.02. The Labute approximate surface area is 192 Å². The fourth-order valence-electron chi connectivity index (χ4n) is 3.70. The first-order chi connectivity index (χ1) is 15.3. The number of esters is 1. The van der Waals surface area contributed by atoms with E-state index in [1.54, 1.807) is 30.0 Å². The zero-order chi connectivity index (χ0) is 23.3. The maximum Gasteiger partial charge on any atom is 0.325 e. The number of hydrogen-bond acceptors (Lipinski definition) is 5. The number of carbonyl (C=O) groups excluding carboxylic acids is 3. The molecule has 2 atom stereocenters. The fourth-order valence-corrected chi connectivity index (χ4v) is 3.88. The smallest absolute Gasteiger partial charge is 0.325 e. The van der Waals surface area contributed by atoms with Crippen molar-refractivity contribution in [3.8, 4) is 0 Å². The van der Waals surface area contributed by atoms with Crippen molar-refractivity contribution in [1.82, 2.24) is 5.32 Å². The SMILES string of the molecule is CCOC(=O)CNC(=O)CC1OC(c2ccccc2)c2cc(Cl)ccc2N(C(C)C)C1=O. The summed E-state index contributed by atoms with van der Waals surface area (Å²) < 4.78 is 11.1. The predicted molar refractivity (Wildman–Crippen MR) is 121 cm³/mol. The van der Waals surface area contributed by atoms with Crippen molar-refractivity contribution in [2.75, 3.05) is 18.1 Å². The van der Waals surface area contributed by atoms with Crippen LogP contribution in [0, 0.1) is 0 Å². The summed E-state index contributed by atoms with van der Waals surface area (Å²) in [5.74, 6) is -1.34. The van der Waals surface area contributed by atoms with Crippen molar-refractivity contribution in [3.63, 3.8) is 0 Å². The Morgan fingerprint density at radius 3 is 2.56 bits per heavy atom. The van der Waals surface area contributed by atoms with E-state index < -0.39 is 24.1 Å². The van der Waals surface area contributed by atoms with E-state index in [1.807, 2.05) is 44.2 Å². The Hall–Kier alpha value is -2.90. The second kappa shape index (κ2) is 10.6. The summed E-state index contributed by atoms with van der Waals surface area (Å²) in [7, 11) is 0. The lowest BCUT2D eigenvalue weighted by Crippen LogP contribution is -2.45. The average Bonchev–Trinajstić information content (AvgIpc) is 2.87. The van der Waals surface area contributed by atoms with Crippen LogP contribution in [-0.4, -0.2) is 43.1 Å². The largest absolute Gasteiger partial charge is 0.465 e. The molecule has 2 amide bonds. The molecule has 1 aliphatic rings. The van der Waals surface area contributed by atoms with Crippen molar-refractivity contribution in [2.24, 2.45) is 0 Å². The van der Waals surface area contributed by atoms with Gasteiger partial charge in [-0.1, -0.05) is 41.9 Å². The highest BCUT2D eigenvalue weighted by Gasteiger charge is 2.38. The maximum absolute atomic E-state index is 13.5. The number of nitrogens with zero attached hydrogens (tertiary/aromatic N) is 1. The minimum Gasteiger partial charge on any atom is -0.465 e.